The Bertz CT molecular complexity index is 939. The molecule has 1 unspecified atom stereocenters. The number of halogens is 1. The molecule has 1 atom stereocenters. The molecular weight excluding hydrogens is 374 g/mol. The fourth-order valence-corrected chi connectivity index (χ4v) is 3.61. The Hall–Kier alpha value is -2.86. The molecule has 1 saturated heterocycles. The highest BCUT2D eigenvalue weighted by Gasteiger charge is 2.26. The van der Waals surface area contributed by atoms with E-state index in [0.717, 1.165) is 31.0 Å². The van der Waals surface area contributed by atoms with Gasteiger partial charge in [0.15, 0.2) is 5.96 Å². The smallest absolute Gasteiger partial charge is 0.246 e. The maximum Gasteiger partial charge on any atom is 0.246 e. The number of rotatable bonds is 4. The minimum Gasteiger partial charge on any atom is -0.347 e. The molecule has 0 saturated carbocycles. The molecule has 1 aliphatic rings. The number of nitrogens with one attached hydrogen (secondary N) is 1. The summed E-state index contributed by atoms with van der Waals surface area (Å²) in [4.78, 5) is 11.1. The van der Waals surface area contributed by atoms with Crippen LogP contribution in [0.15, 0.2) is 64.1 Å². The highest BCUT2D eigenvalue weighted by molar-refractivity contribution is 6.30. The lowest BCUT2D eigenvalue weighted by Crippen LogP contribution is -2.39. The predicted molar refractivity (Wildman–Crippen MR) is 110 cm³/mol. The van der Waals surface area contributed by atoms with Crippen molar-refractivity contribution in [2.24, 2.45) is 4.99 Å². The van der Waals surface area contributed by atoms with Crippen molar-refractivity contribution >= 4 is 17.6 Å². The first-order valence-corrected chi connectivity index (χ1v) is 9.70. The molecule has 1 aromatic heterocycles. The van der Waals surface area contributed by atoms with Crippen LogP contribution >= 0.6 is 11.6 Å². The molecule has 1 N–H and O–H groups in total. The Balaban J connectivity index is 1.36. The van der Waals surface area contributed by atoms with Crippen LogP contribution in [0.4, 0.5) is 0 Å². The number of benzene rings is 2. The molecule has 0 radical (unpaired) electrons. The van der Waals surface area contributed by atoms with E-state index >= 15 is 0 Å². The highest BCUT2D eigenvalue weighted by Crippen LogP contribution is 2.27. The van der Waals surface area contributed by atoms with E-state index in [1.807, 2.05) is 24.3 Å². The quantitative estimate of drug-likeness (QED) is 0.535. The average molecular weight is 396 g/mol. The Labute approximate surface area is 169 Å². The van der Waals surface area contributed by atoms with E-state index in [9.17, 15) is 0 Å². The molecule has 144 valence electrons. The Kier molecular flexibility index (Phi) is 5.58. The first-order chi connectivity index (χ1) is 13.7. The van der Waals surface area contributed by atoms with Gasteiger partial charge in [-0.2, -0.15) is 4.98 Å². The van der Waals surface area contributed by atoms with E-state index in [-0.39, 0.29) is 0 Å². The first-order valence-electron chi connectivity index (χ1n) is 9.32. The van der Waals surface area contributed by atoms with Crippen LogP contribution in [0.3, 0.4) is 0 Å². The van der Waals surface area contributed by atoms with Gasteiger partial charge in [0.05, 0.1) is 6.54 Å². The van der Waals surface area contributed by atoms with Gasteiger partial charge in [-0.05, 0) is 36.2 Å². The van der Waals surface area contributed by atoms with Crippen molar-refractivity contribution < 1.29 is 4.52 Å². The van der Waals surface area contributed by atoms with E-state index in [2.05, 4.69) is 55.7 Å². The van der Waals surface area contributed by atoms with Gasteiger partial charge < -0.3 is 14.7 Å². The van der Waals surface area contributed by atoms with Gasteiger partial charge in [0.1, 0.15) is 0 Å². The van der Waals surface area contributed by atoms with Crippen molar-refractivity contribution in [2.75, 3.05) is 20.1 Å². The van der Waals surface area contributed by atoms with Gasteiger partial charge in [-0.1, -0.05) is 47.1 Å². The van der Waals surface area contributed by atoms with Crippen LogP contribution < -0.4 is 5.32 Å². The van der Waals surface area contributed by atoms with Crippen molar-refractivity contribution in [3.8, 4) is 11.4 Å². The van der Waals surface area contributed by atoms with Gasteiger partial charge in [-0.25, -0.2) is 0 Å². The SMILES string of the molecule is CN=C(NCc1nc(-c2ccc(Cl)cc2)no1)N1CCC(c2ccccc2)C1. The van der Waals surface area contributed by atoms with Crippen LogP contribution in [0.1, 0.15) is 23.8 Å². The summed E-state index contributed by atoms with van der Waals surface area (Å²) in [5.41, 5.74) is 2.25. The molecule has 28 heavy (non-hydrogen) atoms. The minimum absolute atomic E-state index is 0.430. The molecule has 6 nitrogen and oxygen atoms in total. The van der Waals surface area contributed by atoms with Crippen LogP contribution in [0.2, 0.25) is 5.02 Å². The number of likely N-dealkylation sites (tertiary alicyclic amines) is 1. The second kappa shape index (κ2) is 8.44. The third-order valence-corrected chi connectivity index (χ3v) is 5.19. The second-order valence-electron chi connectivity index (χ2n) is 6.76. The lowest BCUT2D eigenvalue weighted by molar-refractivity contribution is 0.372. The van der Waals surface area contributed by atoms with E-state index in [0.29, 0.717) is 29.2 Å². The summed E-state index contributed by atoms with van der Waals surface area (Å²) in [5, 5.41) is 8.06. The van der Waals surface area contributed by atoms with Gasteiger partial charge >= 0.3 is 0 Å². The van der Waals surface area contributed by atoms with Crippen LogP contribution in [0, 0.1) is 0 Å². The molecule has 0 spiro atoms. The third-order valence-electron chi connectivity index (χ3n) is 4.94. The number of guanidine groups is 1. The van der Waals surface area contributed by atoms with Crippen molar-refractivity contribution in [1.29, 1.82) is 0 Å². The molecule has 1 aliphatic heterocycles. The van der Waals surface area contributed by atoms with Gasteiger partial charge in [-0.15, -0.1) is 0 Å². The molecule has 4 rings (SSSR count). The van der Waals surface area contributed by atoms with Crippen LogP contribution in [0.5, 0.6) is 0 Å². The molecule has 7 heteroatoms. The number of hydrogen-bond donors (Lipinski definition) is 1. The zero-order valence-electron chi connectivity index (χ0n) is 15.7. The maximum atomic E-state index is 5.92. The molecule has 0 amide bonds. The van der Waals surface area contributed by atoms with Crippen molar-refractivity contribution in [1.82, 2.24) is 20.4 Å². The largest absolute Gasteiger partial charge is 0.347 e. The van der Waals surface area contributed by atoms with Crippen molar-refractivity contribution in [2.45, 2.75) is 18.9 Å². The van der Waals surface area contributed by atoms with Gasteiger partial charge in [0.2, 0.25) is 11.7 Å². The first kappa shape index (κ1) is 18.5. The van der Waals surface area contributed by atoms with E-state index in [1.54, 1.807) is 7.05 Å². The zero-order chi connectivity index (χ0) is 19.3. The Morgan fingerprint density at radius 2 is 2.00 bits per heavy atom. The van der Waals surface area contributed by atoms with E-state index in [4.69, 9.17) is 16.1 Å². The van der Waals surface area contributed by atoms with Gasteiger partial charge in [-0.3, -0.25) is 4.99 Å². The molecule has 3 aromatic rings. The standard InChI is InChI=1S/C21H22ClN5O/c1-23-21(27-12-11-17(14-27)15-5-3-2-4-6-15)24-13-19-25-20(26-28-19)16-7-9-18(22)10-8-16/h2-10,17H,11-14H2,1H3,(H,23,24). The molecule has 2 aromatic carbocycles. The van der Waals surface area contributed by atoms with Crippen LogP contribution in [-0.2, 0) is 6.54 Å². The summed E-state index contributed by atoms with van der Waals surface area (Å²) in [6, 6.07) is 18.0. The predicted octanol–water partition coefficient (Wildman–Crippen LogP) is 3.95. The van der Waals surface area contributed by atoms with E-state index < -0.39 is 0 Å². The molecule has 2 heterocycles. The van der Waals surface area contributed by atoms with Gasteiger partial charge in [0.25, 0.3) is 0 Å². The molecule has 0 aliphatic carbocycles. The summed E-state index contributed by atoms with van der Waals surface area (Å²) < 4.78 is 5.37. The van der Waals surface area contributed by atoms with Gasteiger partial charge in [0, 0.05) is 36.6 Å². The molecule has 0 bridgehead atoms. The van der Waals surface area contributed by atoms with Crippen molar-refractivity contribution in [3.05, 3.63) is 71.1 Å². The fraction of sp³-hybridized carbons (Fsp3) is 0.286. The zero-order valence-corrected chi connectivity index (χ0v) is 16.4. The number of nitrogens with zero attached hydrogens (tertiary/aromatic N) is 4. The summed E-state index contributed by atoms with van der Waals surface area (Å²) in [6.45, 7) is 2.35. The number of aromatic nitrogens is 2. The summed E-state index contributed by atoms with van der Waals surface area (Å²) in [7, 11) is 1.80. The fourth-order valence-electron chi connectivity index (χ4n) is 3.48. The second-order valence-corrected chi connectivity index (χ2v) is 7.20. The monoisotopic (exact) mass is 395 g/mol. The maximum absolute atomic E-state index is 5.92. The lowest BCUT2D eigenvalue weighted by atomic mass is 9.99. The van der Waals surface area contributed by atoms with E-state index in [1.165, 1.54) is 5.56 Å². The Morgan fingerprint density at radius 3 is 2.75 bits per heavy atom. The summed E-state index contributed by atoms with van der Waals surface area (Å²) >= 11 is 5.92. The highest BCUT2D eigenvalue weighted by atomic mass is 35.5. The number of hydrogen-bond acceptors (Lipinski definition) is 4. The van der Waals surface area contributed by atoms with Crippen molar-refractivity contribution in [3.63, 3.8) is 0 Å². The third kappa shape index (κ3) is 4.17. The topological polar surface area (TPSA) is 66.5 Å². The van der Waals surface area contributed by atoms with Crippen LogP contribution in [-0.4, -0.2) is 41.1 Å². The number of aliphatic imine (C=N–C) groups is 1. The minimum atomic E-state index is 0.430. The average Bonchev–Trinajstić information content (AvgIpc) is 3.40. The normalized spacial score (nSPS) is 17.1. The Morgan fingerprint density at radius 1 is 1.21 bits per heavy atom. The summed E-state index contributed by atoms with van der Waals surface area (Å²) in [5.74, 6) is 2.45. The lowest BCUT2D eigenvalue weighted by Gasteiger charge is -2.21. The molecule has 1 fully saturated rings. The van der Waals surface area contributed by atoms with Crippen LogP contribution in [0.25, 0.3) is 11.4 Å². The summed E-state index contributed by atoms with van der Waals surface area (Å²) in [6.07, 6.45) is 1.12. The molecular formula is C21H22ClN5O.